The second-order valence-electron chi connectivity index (χ2n) is 4.18. The van der Waals surface area contributed by atoms with Crippen molar-refractivity contribution in [3.8, 4) is 0 Å². The standard InChI is InChI=1S/C14H10FN3OS3/c15-10-5-2-1-4-9(10)8-21-14-18-17-13(22-14)16-12(19)11-6-3-7-20-11/h1-7H,8H2,(H,16,17,19). The number of rotatable bonds is 5. The summed E-state index contributed by atoms with van der Waals surface area (Å²) >= 11 is 4.03. The summed E-state index contributed by atoms with van der Waals surface area (Å²) in [5.41, 5.74) is 0.617. The molecule has 4 nitrogen and oxygen atoms in total. The number of hydrogen-bond acceptors (Lipinski definition) is 6. The van der Waals surface area contributed by atoms with E-state index in [2.05, 4.69) is 15.5 Å². The van der Waals surface area contributed by atoms with Gasteiger partial charge < -0.3 is 0 Å². The van der Waals surface area contributed by atoms with E-state index in [1.165, 1.54) is 40.5 Å². The molecule has 0 unspecified atom stereocenters. The molecule has 0 bridgehead atoms. The smallest absolute Gasteiger partial charge is 0.267 e. The summed E-state index contributed by atoms with van der Waals surface area (Å²) in [7, 11) is 0. The number of aromatic nitrogens is 2. The third kappa shape index (κ3) is 3.70. The molecule has 2 heterocycles. The number of carbonyl (C=O) groups is 1. The lowest BCUT2D eigenvalue weighted by Gasteiger charge is -1.99. The van der Waals surface area contributed by atoms with Gasteiger partial charge in [-0.15, -0.1) is 21.5 Å². The fourth-order valence-electron chi connectivity index (χ4n) is 1.64. The number of amides is 1. The minimum absolute atomic E-state index is 0.197. The summed E-state index contributed by atoms with van der Waals surface area (Å²) < 4.78 is 14.2. The van der Waals surface area contributed by atoms with Gasteiger partial charge in [0.25, 0.3) is 5.91 Å². The summed E-state index contributed by atoms with van der Waals surface area (Å²) in [6.07, 6.45) is 0. The van der Waals surface area contributed by atoms with Crippen molar-refractivity contribution in [2.75, 3.05) is 5.32 Å². The maximum absolute atomic E-state index is 13.5. The van der Waals surface area contributed by atoms with Crippen molar-refractivity contribution in [3.05, 3.63) is 58.0 Å². The first-order valence-electron chi connectivity index (χ1n) is 6.27. The zero-order chi connectivity index (χ0) is 15.4. The SMILES string of the molecule is O=C(Nc1nnc(SCc2ccccc2F)s1)c1cccs1. The maximum atomic E-state index is 13.5. The number of nitrogens with zero attached hydrogens (tertiary/aromatic N) is 2. The quantitative estimate of drug-likeness (QED) is 0.550. The van der Waals surface area contributed by atoms with E-state index < -0.39 is 0 Å². The van der Waals surface area contributed by atoms with Crippen molar-refractivity contribution < 1.29 is 9.18 Å². The van der Waals surface area contributed by atoms with Gasteiger partial charge in [-0.1, -0.05) is 47.4 Å². The predicted molar refractivity (Wildman–Crippen MR) is 88.1 cm³/mol. The molecular weight excluding hydrogens is 341 g/mol. The highest BCUT2D eigenvalue weighted by atomic mass is 32.2. The van der Waals surface area contributed by atoms with Gasteiger partial charge in [0.05, 0.1) is 4.88 Å². The Kier molecular flexibility index (Phi) is 4.81. The van der Waals surface area contributed by atoms with Gasteiger partial charge in [-0.2, -0.15) is 0 Å². The van der Waals surface area contributed by atoms with Crippen molar-refractivity contribution >= 4 is 45.5 Å². The molecule has 0 saturated heterocycles. The molecule has 0 saturated carbocycles. The van der Waals surface area contributed by atoms with Crippen LogP contribution in [0, 0.1) is 5.82 Å². The molecule has 22 heavy (non-hydrogen) atoms. The molecule has 3 aromatic rings. The number of anilines is 1. The summed E-state index contributed by atoms with van der Waals surface area (Å²) in [4.78, 5) is 12.5. The van der Waals surface area contributed by atoms with Crippen LogP contribution in [0.25, 0.3) is 0 Å². The van der Waals surface area contributed by atoms with Gasteiger partial charge in [-0.05, 0) is 23.1 Å². The van der Waals surface area contributed by atoms with Gasteiger partial charge in [0.15, 0.2) is 4.34 Å². The second-order valence-corrected chi connectivity index (χ2v) is 7.33. The predicted octanol–water partition coefficient (Wildman–Crippen LogP) is 4.28. The van der Waals surface area contributed by atoms with Crippen LogP contribution in [-0.4, -0.2) is 16.1 Å². The van der Waals surface area contributed by atoms with E-state index in [0.717, 1.165) is 0 Å². The van der Waals surface area contributed by atoms with Crippen LogP contribution in [0.4, 0.5) is 9.52 Å². The Morgan fingerprint density at radius 2 is 2.09 bits per heavy atom. The minimum atomic E-state index is -0.231. The van der Waals surface area contributed by atoms with Gasteiger partial charge in [-0.25, -0.2) is 4.39 Å². The van der Waals surface area contributed by atoms with Crippen LogP contribution in [0.2, 0.25) is 0 Å². The van der Waals surface area contributed by atoms with Crippen molar-refractivity contribution in [3.63, 3.8) is 0 Å². The van der Waals surface area contributed by atoms with E-state index in [1.54, 1.807) is 24.3 Å². The molecule has 1 N–H and O–H groups in total. The first-order chi connectivity index (χ1) is 10.7. The number of nitrogens with one attached hydrogen (secondary N) is 1. The van der Waals surface area contributed by atoms with E-state index in [1.807, 2.05) is 11.4 Å². The Morgan fingerprint density at radius 3 is 2.86 bits per heavy atom. The summed E-state index contributed by atoms with van der Waals surface area (Å²) in [5.74, 6) is 0.0442. The maximum Gasteiger partial charge on any atom is 0.267 e. The van der Waals surface area contributed by atoms with Crippen molar-refractivity contribution in [1.82, 2.24) is 10.2 Å². The van der Waals surface area contributed by atoms with Gasteiger partial charge in [-0.3, -0.25) is 10.1 Å². The van der Waals surface area contributed by atoms with E-state index in [4.69, 9.17) is 0 Å². The van der Waals surface area contributed by atoms with Gasteiger partial charge >= 0.3 is 0 Å². The Balaban J connectivity index is 1.60. The largest absolute Gasteiger partial charge is 0.296 e. The molecular formula is C14H10FN3OS3. The topological polar surface area (TPSA) is 54.9 Å². The number of halogens is 1. The van der Waals surface area contributed by atoms with Crippen LogP contribution in [0.5, 0.6) is 0 Å². The molecule has 0 aliphatic heterocycles. The van der Waals surface area contributed by atoms with Crippen molar-refractivity contribution in [2.45, 2.75) is 10.1 Å². The lowest BCUT2D eigenvalue weighted by atomic mass is 10.2. The number of benzene rings is 1. The highest BCUT2D eigenvalue weighted by Crippen LogP contribution is 2.29. The number of hydrogen-bond donors (Lipinski definition) is 1. The Morgan fingerprint density at radius 1 is 1.23 bits per heavy atom. The van der Waals surface area contributed by atoms with Crippen LogP contribution >= 0.6 is 34.4 Å². The summed E-state index contributed by atoms with van der Waals surface area (Å²) in [6, 6.07) is 10.2. The molecule has 0 spiro atoms. The molecule has 8 heteroatoms. The number of carbonyl (C=O) groups excluding carboxylic acids is 1. The Bertz CT molecular complexity index is 773. The molecule has 3 rings (SSSR count). The van der Waals surface area contributed by atoms with E-state index in [-0.39, 0.29) is 11.7 Å². The molecule has 0 radical (unpaired) electrons. The fraction of sp³-hybridized carbons (Fsp3) is 0.0714. The number of thiophene rings is 1. The third-order valence-electron chi connectivity index (χ3n) is 2.68. The van der Waals surface area contributed by atoms with Crippen LogP contribution < -0.4 is 5.32 Å². The zero-order valence-corrected chi connectivity index (χ0v) is 13.6. The average molecular weight is 351 g/mol. The first-order valence-corrected chi connectivity index (χ1v) is 8.95. The minimum Gasteiger partial charge on any atom is -0.296 e. The monoisotopic (exact) mass is 351 g/mol. The van der Waals surface area contributed by atoms with Crippen molar-refractivity contribution in [2.24, 2.45) is 0 Å². The fourth-order valence-corrected chi connectivity index (χ4v) is 3.99. The van der Waals surface area contributed by atoms with Crippen LogP contribution in [-0.2, 0) is 5.75 Å². The van der Waals surface area contributed by atoms with Crippen LogP contribution in [0.1, 0.15) is 15.2 Å². The van der Waals surface area contributed by atoms with Gasteiger partial charge in [0.1, 0.15) is 5.82 Å². The highest BCUT2D eigenvalue weighted by Gasteiger charge is 2.11. The molecule has 0 aliphatic carbocycles. The third-order valence-corrected chi connectivity index (χ3v) is 5.57. The molecule has 1 amide bonds. The normalized spacial score (nSPS) is 10.6. The Hall–Kier alpha value is -1.77. The summed E-state index contributed by atoms with van der Waals surface area (Å²) in [5, 5.41) is 12.9. The lowest BCUT2D eigenvalue weighted by Crippen LogP contribution is -2.09. The highest BCUT2D eigenvalue weighted by molar-refractivity contribution is 8.00. The molecule has 1 aromatic carbocycles. The van der Waals surface area contributed by atoms with Crippen molar-refractivity contribution in [1.29, 1.82) is 0 Å². The molecule has 112 valence electrons. The number of thioether (sulfide) groups is 1. The van der Waals surface area contributed by atoms with Gasteiger partial charge in [0, 0.05) is 5.75 Å². The Labute approximate surface area is 138 Å². The average Bonchev–Trinajstić information content (AvgIpc) is 3.18. The molecule has 2 aromatic heterocycles. The van der Waals surface area contributed by atoms with E-state index in [9.17, 15) is 9.18 Å². The molecule has 0 fully saturated rings. The molecule has 0 atom stereocenters. The lowest BCUT2D eigenvalue weighted by molar-refractivity contribution is 0.103. The molecule has 0 aliphatic rings. The van der Waals surface area contributed by atoms with E-state index in [0.29, 0.717) is 25.7 Å². The zero-order valence-electron chi connectivity index (χ0n) is 11.2. The van der Waals surface area contributed by atoms with Gasteiger partial charge in [0.2, 0.25) is 5.13 Å². The van der Waals surface area contributed by atoms with E-state index >= 15 is 0 Å². The van der Waals surface area contributed by atoms with Crippen LogP contribution in [0.3, 0.4) is 0 Å². The van der Waals surface area contributed by atoms with Crippen LogP contribution in [0.15, 0.2) is 46.1 Å². The summed E-state index contributed by atoms with van der Waals surface area (Å²) in [6.45, 7) is 0. The first kappa shape index (κ1) is 15.1. The second kappa shape index (κ2) is 6.99.